The van der Waals surface area contributed by atoms with Crippen molar-refractivity contribution in [3.63, 3.8) is 0 Å². The van der Waals surface area contributed by atoms with Gasteiger partial charge in [-0.2, -0.15) is 5.10 Å². The molecule has 1 amide bonds. The lowest BCUT2D eigenvalue weighted by Gasteiger charge is -2.01. The molecule has 0 unspecified atom stereocenters. The van der Waals surface area contributed by atoms with E-state index in [4.69, 9.17) is 0 Å². The fourth-order valence-electron chi connectivity index (χ4n) is 2.35. The van der Waals surface area contributed by atoms with E-state index in [0.717, 1.165) is 33.1 Å². The maximum absolute atomic E-state index is 12.2. The van der Waals surface area contributed by atoms with E-state index in [1.54, 1.807) is 11.3 Å². The van der Waals surface area contributed by atoms with Gasteiger partial charge in [-0.3, -0.25) is 9.89 Å². The van der Waals surface area contributed by atoms with Gasteiger partial charge in [0.05, 0.1) is 6.54 Å². The van der Waals surface area contributed by atoms with Crippen molar-refractivity contribution in [2.75, 3.05) is 0 Å². The summed E-state index contributed by atoms with van der Waals surface area (Å²) in [5.74, 6) is -0.159. The van der Waals surface area contributed by atoms with Crippen LogP contribution in [0.15, 0.2) is 36.5 Å². The molecule has 3 rings (SSSR count). The molecule has 3 aromatic rings. The average molecular weight is 326 g/mol. The van der Waals surface area contributed by atoms with E-state index >= 15 is 0 Å². The van der Waals surface area contributed by atoms with Gasteiger partial charge >= 0.3 is 0 Å². The third-order valence-corrected chi connectivity index (χ3v) is 4.72. The molecule has 0 aliphatic rings. The van der Waals surface area contributed by atoms with Gasteiger partial charge < -0.3 is 5.32 Å². The Balaban J connectivity index is 1.66. The van der Waals surface area contributed by atoms with Gasteiger partial charge in [-0.05, 0) is 13.3 Å². The summed E-state index contributed by atoms with van der Waals surface area (Å²) in [5, 5.41) is 10.9. The van der Waals surface area contributed by atoms with E-state index in [0.29, 0.717) is 12.2 Å². The fourth-order valence-corrected chi connectivity index (χ4v) is 3.21. The number of hydrogen-bond acceptors (Lipinski definition) is 4. The van der Waals surface area contributed by atoms with E-state index in [1.165, 1.54) is 0 Å². The average Bonchev–Trinajstić information content (AvgIpc) is 3.20. The minimum atomic E-state index is -0.159. The SMILES string of the molecule is CCc1[nH]nc(C(=O)NCc2cnc(-c3ccccc3)s2)c1C. The molecule has 0 bridgehead atoms. The second kappa shape index (κ2) is 6.75. The van der Waals surface area contributed by atoms with Crippen molar-refractivity contribution in [3.8, 4) is 10.6 Å². The van der Waals surface area contributed by atoms with Gasteiger partial charge in [0.25, 0.3) is 5.91 Å². The van der Waals surface area contributed by atoms with Gasteiger partial charge in [0.15, 0.2) is 5.69 Å². The van der Waals surface area contributed by atoms with E-state index in [1.807, 2.05) is 50.4 Å². The number of H-pyrrole nitrogens is 1. The molecule has 118 valence electrons. The maximum atomic E-state index is 12.2. The highest BCUT2D eigenvalue weighted by molar-refractivity contribution is 7.15. The van der Waals surface area contributed by atoms with Gasteiger partial charge in [-0.1, -0.05) is 37.3 Å². The van der Waals surface area contributed by atoms with E-state index in [2.05, 4.69) is 20.5 Å². The number of carbonyl (C=O) groups is 1. The second-order valence-electron chi connectivity index (χ2n) is 5.21. The van der Waals surface area contributed by atoms with Crippen LogP contribution in [0, 0.1) is 6.92 Å². The van der Waals surface area contributed by atoms with E-state index in [-0.39, 0.29) is 5.91 Å². The number of aromatic amines is 1. The maximum Gasteiger partial charge on any atom is 0.272 e. The highest BCUT2D eigenvalue weighted by Gasteiger charge is 2.15. The quantitative estimate of drug-likeness (QED) is 0.755. The molecule has 23 heavy (non-hydrogen) atoms. The number of nitrogens with zero attached hydrogens (tertiary/aromatic N) is 2. The summed E-state index contributed by atoms with van der Waals surface area (Å²) in [6.45, 7) is 4.40. The van der Waals surface area contributed by atoms with Gasteiger partial charge in [0.2, 0.25) is 0 Å². The van der Waals surface area contributed by atoms with Crippen molar-refractivity contribution in [3.05, 3.63) is 58.4 Å². The van der Waals surface area contributed by atoms with Crippen LogP contribution in [0.5, 0.6) is 0 Å². The predicted molar refractivity (Wildman–Crippen MR) is 91.4 cm³/mol. The number of amides is 1. The van der Waals surface area contributed by atoms with Crippen molar-refractivity contribution >= 4 is 17.2 Å². The topological polar surface area (TPSA) is 70.7 Å². The lowest BCUT2D eigenvalue weighted by molar-refractivity contribution is 0.0945. The summed E-state index contributed by atoms with van der Waals surface area (Å²) in [5.41, 5.74) is 3.47. The minimum absolute atomic E-state index is 0.159. The number of carbonyl (C=O) groups excluding carboxylic acids is 1. The summed E-state index contributed by atoms with van der Waals surface area (Å²) in [6, 6.07) is 10.0. The van der Waals surface area contributed by atoms with Crippen LogP contribution >= 0.6 is 11.3 Å². The molecule has 5 nitrogen and oxygen atoms in total. The number of aryl methyl sites for hydroxylation is 1. The lowest BCUT2D eigenvalue weighted by atomic mass is 10.1. The first kappa shape index (κ1) is 15.4. The molecule has 0 radical (unpaired) electrons. The summed E-state index contributed by atoms with van der Waals surface area (Å²) in [6.07, 6.45) is 2.64. The van der Waals surface area contributed by atoms with Crippen LogP contribution in [0.3, 0.4) is 0 Å². The lowest BCUT2D eigenvalue weighted by Crippen LogP contribution is -2.23. The number of hydrogen-bond donors (Lipinski definition) is 2. The van der Waals surface area contributed by atoms with Crippen LogP contribution < -0.4 is 5.32 Å². The first-order valence-corrected chi connectivity index (χ1v) is 8.33. The summed E-state index contributed by atoms with van der Waals surface area (Å²) in [4.78, 5) is 17.7. The first-order valence-electron chi connectivity index (χ1n) is 7.51. The molecule has 2 aromatic heterocycles. The van der Waals surface area contributed by atoms with E-state index in [9.17, 15) is 4.79 Å². The molecule has 0 fully saturated rings. The van der Waals surface area contributed by atoms with Crippen molar-refractivity contribution in [1.29, 1.82) is 0 Å². The van der Waals surface area contributed by atoms with Gasteiger partial charge in [0, 0.05) is 27.9 Å². The molecular weight excluding hydrogens is 308 g/mol. The molecule has 6 heteroatoms. The third-order valence-electron chi connectivity index (χ3n) is 3.68. The summed E-state index contributed by atoms with van der Waals surface area (Å²) in [7, 11) is 0. The van der Waals surface area contributed by atoms with Crippen molar-refractivity contribution < 1.29 is 4.79 Å². The Morgan fingerprint density at radius 2 is 2.09 bits per heavy atom. The molecule has 2 heterocycles. The van der Waals surface area contributed by atoms with Gasteiger partial charge in [-0.15, -0.1) is 11.3 Å². The summed E-state index contributed by atoms with van der Waals surface area (Å²) >= 11 is 1.58. The number of thiazole rings is 1. The van der Waals surface area contributed by atoms with E-state index < -0.39 is 0 Å². The highest BCUT2D eigenvalue weighted by Crippen LogP contribution is 2.24. The number of rotatable bonds is 5. The van der Waals surface area contributed by atoms with Crippen LogP contribution in [-0.4, -0.2) is 21.1 Å². The zero-order valence-corrected chi connectivity index (χ0v) is 13.9. The molecule has 0 spiro atoms. The van der Waals surface area contributed by atoms with Crippen LogP contribution in [-0.2, 0) is 13.0 Å². The molecule has 0 saturated heterocycles. The largest absolute Gasteiger partial charge is 0.346 e. The Hall–Kier alpha value is -2.47. The van der Waals surface area contributed by atoms with Gasteiger partial charge in [0.1, 0.15) is 5.01 Å². The molecule has 0 aliphatic carbocycles. The molecule has 0 saturated carbocycles. The zero-order valence-electron chi connectivity index (χ0n) is 13.1. The number of nitrogens with one attached hydrogen (secondary N) is 2. The summed E-state index contributed by atoms with van der Waals surface area (Å²) < 4.78 is 0. The van der Waals surface area contributed by atoms with Crippen LogP contribution in [0.25, 0.3) is 10.6 Å². The van der Waals surface area contributed by atoms with Crippen LogP contribution in [0.2, 0.25) is 0 Å². The smallest absolute Gasteiger partial charge is 0.272 e. The predicted octanol–water partition coefficient (Wildman–Crippen LogP) is 3.33. The Bertz CT molecular complexity index is 807. The Morgan fingerprint density at radius 1 is 1.30 bits per heavy atom. The Labute approximate surface area is 138 Å². The normalized spacial score (nSPS) is 10.7. The monoisotopic (exact) mass is 326 g/mol. The number of aromatic nitrogens is 3. The van der Waals surface area contributed by atoms with Crippen LogP contribution in [0.1, 0.15) is 33.5 Å². The van der Waals surface area contributed by atoms with Crippen molar-refractivity contribution in [1.82, 2.24) is 20.5 Å². The first-order chi connectivity index (χ1) is 11.2. The standard InChI is InChI=1S/C17H18N4OS/c1-3-14-11(2)15(21-20-14)16(22)18-9-13-10-19-17(23-13)12-7-5-4-6-8-12/h4-8,10H,3,9H2,1-2H3,(H,18,22)(H,20,21). The Kier molecular flexibility index (Phi) is 4.52. The van der Waals surface area contributed by atoms with Crippen LogP contribution in [0.4, 0.5) is 0 Å². The zero-order chi connectivity index (χ0) is 16.2. The molecule has 0 aliphatic heterocycles. The molecule has 1 aromatic carbocycles. The third kappa shape index (κ3) is 3.32. The second-order valence-corrected chi connectivity index (χ2v) is 6.32. The molecule has 2 N–H and O–H groups in total. The van der Waals surface area contributed by atoms with Gasteiger partial charge in [-0.25, -0.2) is 4.98 Å². The van der Waals surface area contributed by atoms with Crippen molar-refractivity contribution in [2.24, 2.45) is 0 Å². The number of benzene rings is 1. The molecular formula is C17H18N4OS. The molecule has 0 atom stereocenters. The minimum Gasteiger partial charge on any atom is -0.346 e. The Morgan fingerprint density at radius 3 is 2.78 bits per heavy atom. The highest BCUT2D eigenvalue weighted by atomic mass is 32.1. The fraction of sp³-hybridized carbons (Fsp3) is 0.235. The van der Waals surface area contributed by atoms with Crippen molar-refractivity contribution in [2.45, 2.75) is 26.8 Å².